The van der Waals surface area contributed by atoms with E-state index >= 15 is 0 Å². The van der Waals surface area contributed by atoms with Gasteiger partial charge in [-0.2, -0.15) is 9.78 Å². The Kier molecular flexibility index (Phi) is 4.20. The largest absolute Gasteiger partial charge is 0.274 e. The molecular weight excluding hydrogens is 340 g/mol. The molecule has 3 aromatic rings. The van der Waals surface area contributed by atoms with Gasteiger partial charge in [0.1, 0.15) is 0 Å². The van der Waals surface area contributed by atoms with E-state index in [2.05, 4.69) is 33.2 Å². The lowest BCUT2D eigenvalue weighted by molar-refractivity contribution is 0.786. The van der Waals surface area contributed by atoms with Crippen molar-refractivity contribution in [3.63, 3.8) is 0 Å². The van der Waals surface area contributed by atoms with Crippen LogP contribution in [0.25, 0.3) is 16.8 Å². The van der Waals surface area contributed by atoms with Crippen LogP contribution in [0.2, 0.25) is 0 Å². The molecule has 2 aromatic carbocycles. The molecule has 3 rings (SSSR count). The van der Waals surface area contributed by atoms with Gasteiger partial charge in [-0.1, -0.05) is 47.1 Å². The number of rotatable bonds is 3. The third-order valence-corrected chi connectivity index (χ3v) is 4.12. The molecular formula is C18H15BrN2O. The van der Waals surface area contributed by atoms with Gasteiger partial charge in [-0.05, 0) is 47.9 Å². The first-order valence-electron chi connectivity index (χ1n) is 7.12. The lowest BCUT2D eigenvalue weighted by Gasteiger charge is -2.07. The fourth-order valence-electron chi connectivity index (χ4n) is 2.34. The topological polar surface area (TPSA) is 34.9 Å². The van der Waals surface area contributed by atoms with Crippen molar-refractivity contribution in [3.8, 4) is 16.8 Å². The van der Waals surface area contributed by atoms with Crippen molar-refractivity contribution in [1.29, 1.82) is 0 Å². The van der Waals surface area contributed by atoms with Gasteiger partial charge in [-0.25, -0.2) is 0 Å². The number of nitrogens with zero attached hydrogens (tertiary/aromatic N) is 2. The van der Waals surface area contributed by atoms with Gasteiger partial charge >= 0.3 is 0 Å². The summed E-state index contributed by atoms with van der Waals surface area (Å²) in [5, 5.41) is 4.17. The van der Waals surface area contributed by atoms with Crippen LogP contribution in [0.3, 0.4) is 0 Å². The fraction of sp³-hybridized carbons (Fsp3) is 0.111. The Morgan fingerprint density at radius 1 is 0.955 bits per heavy atom. The van der Waals surface area contributed by atoms with Crippen molar-refractivity contribution in [1.82, 2.24) is 9.78 Å². The molecule has 0 N–H and O–H groups in total. The second kappa shape index (κ2) is 6.28. The standard InChI is InChI=1S/C18H15BrN2O/c1-2-13-11-12-20-21(18(13)22)17-9-5-15(6-10-17)14-3-7-16(19)8-4-14/h3-12H,2H2,1H3. The third-order valence-electron chi connectivity index (χ3n) is 3.60. The SMILES string of the molecule is CCc1ccnn(-c2ccc(-c3ccc(Br)cc3)cc2)c1=O. The molecule has 0 fully saturated rings. The molecule has 110 valence electrons. The fourth-order valence-corrected chi connectivity index (χ4v) is 2.60. The summed E-state index contributed by atoms with van der Waals surface area (Å²) in [4.78, 5) is 12.3. The van der Waals surface area contributed by atoms with Crippen molar-refractivity contribution in [2.24, 2.45) is 0 Å². The average molecular weight is 355 g/mol. The van der Waals surface area contributed by atoms with Gasteiger partial charge in [-0.15, -0.1) is 0 Å². The van der Waals surface area contributed by atoms with Crippen molar-refractivity contribution in [2.75, 3.05) is 0 Å². The van der Waals surface area contributed by atoms with Crippen LogP contribution in [-0.4, -0.2) is 9.78 Å². The van der Waals surface area contributed by atoms with E-state index in [1.165, 1.54) is 4.68 Å². The highest BCUT2D eigenvalue weighted by molar-refractivity contribution is 9.10. The van der Waals surface area contributed by atoms with Crippen LogP contribution in [0.15, 0.2) is 70.1 Å². The molecule has 0 aliphatic carbocycles. The smallest absolute Gasteiger partial charge is 0.267 e. The second-order valence-corrected chi connectivity index (χ2v) is 5.90. The van der Waals surface area contributed by atoms with Crippen LogP contribution in [0.5, 0.6) is 0 Å². The molecule has 1 heterocycles. The highest BCUT2D eigenvalue weighted by Gasteiger charge is 2.05. The summed E-state index contributed by atoms with van der Waals surface area (Å²) in [5.74, 6) is 0. The average Bonchev–Trinajstić information content (AvgIpc) is 2.56. The third kappa shape index (κ3) is 2.88. The normalized spacial score (nSPS) is 10.6. The van der Waals surface area contributed by atoms with Crippen LogP contribution in [0.1, 0.15) is 12.5 Å². The van der Waals surface area contributed by atoms with Gasteiger partial charge in [0.15, 0.2) is 0 Å². The minimum absolute atomic E-state index is 0.0543. The molecule has 0 saturated heterocycles. The molecule has 4 heteroatoms. The predicted octanol–water partition coefficient (Wildman–Crippen LogP) is 4.22. The molecule has 0 aliphatic heterocycles. The summed E-state index contributed by atoms with van der Waals surface area (Å²) in [6, 6.07) is 17.8. The van der Waals surface area contributed by atoms with Crippen molar-refractivity contribution >= 4 is 15.9 Å². The lowest BCUT2D eigenvalue weighted by atomic mass is 10.1. The number of aromatic nitrogens is 2. The summed E-state index contributed by atoms with van der Waals surface area (Å²) in [6.45, 7) is 1.97. The van der Waals surface area contributed by atoms with E-state index in [1.807, 2.05) is 43.3 Å². The first-order chi connectivity index (χ1) is 10.7. The molecule has 0 aliphatic rings. The molecule has 0 radical (unpaired) electrons. The van der Waals surface area contributed by atoms with E-state index < -0.39 is 0 Å². The van der Waals surface area contributed by atoms with E-state index in [1.54, 1.807) is 12.3 Å². The summed E-state index contributed by atoms with van der Waals surface area (Å²) in [6.07, 6.45) is 2.38. The number of aryl methyl sites for hydroxylation is 1. The number of benzene rings is 2. The van der Waals surface area contributed by atoms with Crippen LogP contribution >= 0.6 is 15.9 Å². The van der Waals surface area contributed by atoms with E-state index in [0.29, 0.717) is 6.42 Å². The zero-order valence-electron chi connectivity index (χ0n) is 12.2. The molecule has 0 atom stereocenters. The van der Waals surface area contributed by atoms with Gasteiger partial charge < -0.3 is 0 Å². The van der Waals surface area contributed by atoms with E-state index in [4.69, 9.17) is 0 Å². The van der Waals surface area contributed by atoms with Crippen LogP contribution < -0.4 is 5.56 Å². The van der Waals surface area contributed by atoms with E-state index in [0.717, 1.165) is 26.9 Å². The molecule has 0 unspecified atom stereocenters. The minimum atomic E-state index is -0.0543. The van der Waals surface area contributed by atoms with Gasteiger partial charge in [-0.3, -0.25) is 4.79 Å². The zero-order valence-corrected chi connectivity index (χ0v) is 13.7. The summed E-state index contributed by atoms with van der Waals surface area (Å²) < 4.78 is 2.50. The Balaban J connectivity index is 1.98. The molecule has 3 nitrogen and oxygen atoms in total. The Labute approximate surface area is 137 Å². The van der Waals surface area contributed by atoms with E-state index in [-0.39, 0.29) is 5.56 Å². The highest BCUT2D eigenvalue weighted by atomic mass is 79.9. The number of hydrogen-bond acceptors (Lipinski definition) is 2. The van der Waals surface area contributed by atoms with Gasteiger partial charge in [0.05, 0.1) is 5.69 Å². The van der Waals surface area contributed by atoms with Gasteiger partial charge in [0.25, 0.3) is 5.56 Å². The highest BCUT2D eigenvalue weighted by Crippen LogP contribution is 2.22. The van der Waals surface area contributed by atoms with Crippen LogP contribution in [-0.2, 0) is 6.42 Å². The summed E-state index contributed by atoms with van der Waals surface area (Å²) in [7, 11) is 0. The second-order valence-electron chi connectivity index (χ2n) is 4.98. The van der Waals surface area contributed by atoms with Crippen LogP contribution in [0, 0.1) is 0 Å². The van der Waals surface area contributed by atoms with Gasteiger partial charge in [0, 0.05) is 16.2 Å². The number of halogens is 1. The van der Waals surface area contributed by atoms with Crippen molar-refractivity contribution in [3.05, 3.63) is 81.2 Å². The molecule has 0 bridgehead atoms. The molecule has 22 heavy (non-hydrogen) atoms. The Bertz CT molecular complexity index is 836. The quantitative estimate of drug-likeness (QED) is 0.705. The molecule has 1 aromatic heterocycles. The van der Waals surface area contributed by atoms with Crippen molar-refractivity contribution in [2.45, 2.75) is 13.3 Å². The van der Waals surface area contributed by atoms with Gasteiger partial charge in [0.2, 0.25) is 0 Å². The minimum Gasteiger partial charge on any atom is -0.267 e. The van der Waals surface area contributed by atoms with Crippen molar-refractivity contribution < 1.29 is 0 Å². The maximum absolute atomic E-state index is 12.3. The first kappa shape index (κ1) is 14.7. The Hall–Kier alpha value is -2.20. The van der Waals surface area contributed by atoms with E-state index in [9.17, 15) is 4.79 Å². The maximum atomic E-state index is 12.3. The summed E-state index contributed by atoms with van der Waals surface area (Å²) >= 11 is 3.44. The monoisotopic (exact) mass is 354 g/mol. The maximum Gasteiger partial charge on any atom is 0.274 e. The summed E-state index contributed by atoms with van der Waals surface area (Å²) in [5.41, 5.74) is 3.74. The molecule has 0 saturated carbocycles. The first-order valence-corrected chi connectivity index (χ1v) is 7.92. The number of hydrogen-bond donors (Lipinski definition) is 0. The Morgan fingerprint density at radius 3 is 2.14 bits per heavy atom. The Morgan fingerprint density at radius 2 is 1.55 bits per heavy atom. The zero-order chi connectivity index (χ0) is 15.5. The van der Waals surface area contributed by atoms with Crippen LogP contribution in [0.4, 0.5) is 0 Å². The lowest BCUT2D eigenvalue weighted by Crippen LogP contribution is -2.23. The predicted molar refractivity (Wildman–Crippen MR) is 92.3 cm³/mol. The molecule has 0 amide bonds. The molecule has 0 spiro atoms.